The van der Waals surface area contributed by atoms with Gasteiger partial charge in [0.05, 0.1) is 12.1 Å². The van der Waals surface area contributed by atoms with Gasteiger partial charge in [-0.25, -0.2) is 0 Å². The predicted octanol–water partition coefficient (Wildman–Crippen LogP) is 1.26. The molecule has 1 aliphatic carbocycles. The lowest BCUT2D eigenvalue weighted by Crippen LogP contribution is -2.56. The lowest BCUT2D eigenvalue weighted by molar-refractivity contribution is -0.140. The number of ether oxygens (including phenoxy) is 1. The summed E-state index contributed by atoms with van der Waals surface area (Å²) in [4.78, 5) is 14.5. The van der Waals surface area contributed by atoms with Crippen molar-refractivity contribution >= 4 is 5.91 Å². The fraction of sp³-hybridized carbons (Fsp3) is 0.923. The van der Waals surface area contributed by atoms with E-state index in [0.717, 1.165) is 0 Å². The van der Waals surface area contributed by atoms with Gasteiger partial charge in [-0.05, 0) is 46.6 Å². The minimum Gasteiger partial charge on any atom is -0.383 e. The van der Waals surface area contributed by atoms with E-state index in [-0.39, 0.29) is 5.91 Å². The number of methoxy groups -OCH3 is 1. The van der Waals surface area contributed by atoms with Crippen LogP contribution in [-0.2, 0) is 9.53 Å². The van der Waals surface area contributed by atoms with Crippen LogP contribution in [0, 0.1) is 5.92 Å². The van der Waals surface area contributed by atoms with E-state index in [4.69, 9.17) is 4.74 Å². The van der Waals surface area contributed by atoms with Crippen LogP contribution in [0.2, 0.25) is 0 Å². The van der Waals surface area contributed by atoms with E-state index in [1.807, 2.05) is 25.8 Å². The molecule has 1 atom stereocenters. The molecule has 4 heteroatoms. The van der Waals surface area contributed by atoms with Crippen molar-refractivity contribution in [1.29, 1.82) is 0 Å². The SMILES string of the molecule is CNC(C)(C)C(=O)N(CCOC)C(C)C1CC1. The molecule has 17 heavy (non-hydrogen) atoms. The molecule has 1 rings (SSSR count). The Kier molecular flexibility index (Phi) is 4.95. The Bertz CT molecular complexity index is 262. The second-order valence-corrected chi connectivity index (χ2v) is 5.44. The maximum absolute atomic E-state index is 12.5. The lowest BCUT2D eigenvalue weighted by Gasteiger charge is -2.36. The molecule has 1 aliphatic rings. The Morgan fingerprint density at radius 2 is 2.12 bits per heavy atom. The molecular formula is C13H26N2O2. The number of carbonyl (C=O) groups is 1. The highest BCUT2D eigenvalue weighted by Crippen LogP contribution is 2.35. The molecule has 100 valence electrons. The van der Waals surface area contributed by atoms with Crippen LogP contribution in [0.4, 0.5) is 0 Å². The third kappa shape index (κ3) is 3.68. The Morgan fingerprint density at radius 3 is 2.53 bits per heavy atom. The summed E-state index contributed by atoms with van der Waals surface area (Å²) < 4.78 is 5.10. The highest BCUT2D eigenvalue weighted by molar-refractivity contribution is 5.85. The number of amides is 1. The summed E-state index contributed by atoms with van der Waals surface area (Å²) in [5.41, 5.74) is -0.503. The monoisotopic (exact) mass is 242 g/mol. The van der Waals surface area contributed by atoms with E-state index in [2.05, 4.69) is 12.2 Å². The smallest absolute Gasteiger partial charge is 0.242 e. The van der Waals surface area contributed by atoms with Crippen molar-refractivity contribution < 1.29 is 9.53 Å². The van der Waals surface area contributed by atoms with Crippen molar-refractivity contribution in [3.8, 4) is 0 Å². The molecule has 4 nitrogen and oxygen atoms in total. The zero-order valence-electron chi connectivity index (χ0n) is 11.7. The normalized spacial score (nSPS) is 17.9. The molecule has 0 aromatic carbocycles. The number of likely N-dealkylation sites (N-methyl/N-ethyl adjacent to an activating group) is 1. The highest BCUT2D eigenvalue weighted by atomic mass is 16.5. The zero-order valence-corrected chi connectivity index (χ0v) is 11.7. The van der Waals surface area contributed by atoms with Gasteiger partial charge < -0.3 is 15.0 Å². The largest absolute Gasteiger partial charge is 0.383 e. The van der Waals surface area contributed by atoms with Gasteiger partial charge in [-0.2, -0.15) is 0 Å². The number of nitrogens with zero attached hydrogens (tertiary/aromatic N) is 1. The molecule has 1 unspecified atom stereocenters. The fourth-order valence-corrected chi connectivity index (χ4v) is 1.98. The zero-order chi connectivity index (χ0) is 13.1. The standard InChI is InChI=1S/C13H26N2O2/c1-10(11-6-7-11)15(8-9-17-5)12(16)13(2,3)14-4/h10-11,14H,6-9H2,1-5H3. The Labute approximate surface area is 105 Å². The molecule has 0 radical (unpaired) electrons. The molecule has 0 aromatic rings. The van der Waals surface area contributed by atoms with Crippen molar-refractivity contribution in [1.82, 2.24) is 10.2 Å². The van der Waals surface area contributed by atoms with E-state index in [1.54, 1.807) is 7.11 Å². The third-order valence-electron chi connectivity index (χ3n) is 3.75. The van der Waals surface area contributed by atoms with Crippen LogP contribution in [0.5, 0.6) is 0 Å². The summed E-state index contributed by atoms with van der Waals surface area (Å²) in [6, 6.07) is 0.324. The maximum atomic E-state index is 12.5. The first-order valence-electron chi connectivity index (χ1n) is 6.43. The quantitative estimate of drug-likeness (QED) is 0.731. The van der Waals surface area contributed by atoms with Gasteiger partial charge in [0.15, 0.2) is 0 Å². The molecule has 0 saturated heterocycles. The van der Waals surface area contributed by atoms with Crippen molar-refractivity contribution in [3.05, 3.63) is 0 Å². The molecule has 0 aliphatic heterocycles. The van der Waals surface area contributed by atoms with Gasteiger partial charge in [-0.1, -0.05) is 0 Å². The number of hydrogen-bond donors (Lipinski definition) is 1. The summed E-state index contributed by atoms with van der Waals surface area (Å²) in [5.74, 6) is 0.847. The van der Waals surface area contributed by atoms with Crippen molar-refractivity contribution in [2.75, 3.05) is 27.3 Å². The second kappa shape index (κ2) is 5.83. The molecule has 0 aromatic heterocycles. The summed E-state index contributed by atoms with van der Waals surface area (Å²) in [5, 5.41) is 3.08. The van der Waals surface area contributed by atoms with Crippen LogP contribution < -0.4 is 5.32 Å². The van der Waals surface area contributed by atoms with Crippen LogP contribution in [0.25, 0.3) is 0 Å². The summed E-state index contributed by atoms with van der Waals surface area (Å²) in [6.07, 6.45) is 2.50. The molecule has 1 amide bonds. The number of hydrogen-bond acceptors (Lipinski definition) is 3. The first-order valence-corrected chi connectivity index (χ1v) is 6.43. The first kappa shape index (κ1) is 14.5. The molecule has 0 heterocycles. The molecule has 0 bridgehead atoms. The van der Waals surface area contributed by atoms with Crippen LogP contribution in [0.15, 0.2) is 0 Å². The van der Waals surface area contributed by atoms with Gasteiger partial charge in [0.2, 0.25) is 5.91 Å². The summed E-state index contributed by atoms with van der Waals surface area (Å²) >= 11 is 0. The number of rotatable bonds is 7. The molecular weight excluding hydrogens is 216 g/mol. The maximum Gasteiger partial charge on any atom is 0.242 e. The lowest BCUT2D eigenvalue weighted by atomic mass is 10.0. The minimum atomic E-state index is -0.503. The molecule has 1 saturated carbocycles. The van der Waals surface area contributed by atoms with Gasteiger partial charge in [0.1, 0.15) is 0 Å². The molecule has 1 N–H and O–H groups in total. The van der Waals surface area contributed by atoms with Crippen molar-refractivity contribution in [2.24, 2.45) is 5.92 Å². The van der Waals surface area contributed by atoms with Gasteiger partial charge >= 0.3 is 0 Å². The van der Waals surface area contributed by atoms with Crippen molar-refractivity contribution in [3.63, 3.8) is 0 Å². The van der Waals surface area contributed by atoms with Gasteiger partial charge in [-0.15, -0.1) is 0 Å². The molecule has 1 fully saturated rings. The first-order chi connectivity index (χ1) is 7.94. The van der Waals surface area contributed by atoms with E-state index < -0.39 is 5.54 Å². The highest BCUT2D eigenvalue weighted by Gasteiger charge is 2.38. The Balaban J connectivity index is 2.70. The Hall–Kier alpha value is -0.610. The van der Waals surface area contributed by atoms with E-state index in [1.165, 1.54) is 12.8 Å². The Morgan fingerprint density at radius 1 is 1.53 bits per heavy atom. The fourth-order valence-electron chi connectivity index (χ4n) is 1.98. The number of carbonyl (C=O) groups excluding carboxylic acids is 1. The third-order valence-corrected chi connectivity index (χ3v) is 3.75. The minimum absolute atomic E-state index is 0.163. The second-order valence-electron chi connectivity index (χ2n) is 5.44. The average Bonchev–Trinajstić information content (AvgIpc) is 3.12. The van der Waals surface area contributed by atoms with Gasteiger partial charge in [-0.3, -0.25) is 4.79 Å². The van der Waals surface area contributed by atoms with Crippen LogP contribution in [0.3, 0.4) is 0 Å². The predicted molar refractivity (Wildman–Crippen MR) is 68.9 cm³/mol. The van der Waals surface area contributed by atoms with Crippen LogP contribution in [0.1, 0.15) is 33.6 Å². The molecule has 0 spiro atoms. The van der Waals surface area contributed by atoms with Gasteiger partial charge in [0.25, 0.3) is 0 Å². The average molecular weight is 242 g/mol. The van der Waals surface area contributed by atoms with E-state index in [0.29, 0.717) is 25.1 Å². The van der Waals surface area contributed by atoms with E-state index in [9.17, 15) is 4.79 Å². The summed E-state index contributed by atoms with van der Waals surface area (Å²) in [6.45, 7) is 7.28. The van der Waals surface area contributed by atoms with Crippen LogP contribution in [-0.4, -0.2) is 49.7 Å². The van der Waals surface area contributed by atoms with Gasteiger partial charge in [0, 0.05) is 19.7 Å². The summed E-state index contributed by atoms with van der Waals surface area (Å²) in [7, 11) is 3.50. The van der Waals surface area contributed by atoms with Crippen LogP contribution >= 0.6 is 0 Å². The number of nitrogens with one attached hydrogen (secondary N) is 1. The van der Waals surface area contributed by atoms with E-state index >= 15 is 0 Å². The topological polar surface area (TPSA) is 41.6 Å². The van der Waals surface area contributed by atoms with Crippen molar-refractivity contribution in [2.45, 2.75) is 45.2 Å².